The number of hydrogen-bond donors (Lipinski definition) is 3. The van der Waals surface area contributed by atoms with Gasteiger partial charge in [-0.25, -0.2) is 5.26 Å². The summed E-state index contributed by atoms with van der Waals surface area (Å²) in [5.74, 6) is 0. The van der Waals surface area contributed by atoms with Crippen LogP contribution in [0.4, 0.5) is 0 Å². The molecule has 3 N–H and O–H groups in total. The van der Waals surface area contributed by atoms with Gasteiger partial charge in [-0.05, 0) is 13.3 Å². The van der Waals surface area contributed by atoms with E-state index >= 15 is 0 Å². The van der Waals surface area contributed by atoms with Gasteiger partial charge in [0.15, 0.2) is 0 Å². The lowest BCUT2D eigenvalue weighted by Gasteiger charge is -2.31. The normalized spacial score (nSPS) is 16.4. The largest absolute Gasteiger partial charge is 0.385 e. The van der Waals surface area contributed by atoms with Crippen molar-refractivity contribution in [3.8, 4) is 0 Å². The average Bonchev–Trinajstić information content (AvgIpc) is 2.13. The Bertz CT molecular complexity index is 169. The molecule has 6 nitrogen and oxygen atoms in total. The van der Waals surface area contributed by atoms with Crippen molar-refractivity contribution in [3.63, 3.8) is 0 Å². The van der Waals surface area contributed by atoms with Crippen LogP contribution in [0.15, 0.2) is 0 Å². The van der Waals surface area contributed by atoms with Crippen LogP contribution in [0.25, 0.3) is 0 Å². The maximum atomic E-state index is 9.54. The van der Waals surface area contributed by atoms with Gasteiger partial charge in [0.05, 0.1) is 27.2 Å². The van der Waals surface area contributed by atoms with E-state index in [-0.39, 0.29) is 6.61 Å². The predicted molar refractivity (Wildman–Crippen MR) is 55.6 cm³/mol. The van der Waals surface area contributed by atoms with Crippen LogP contribution < -0.4 is 0 Å². The van der Waals surface area contributed by atoms with E-state index in [1.54, 1.807) is 0 Å². The topological polar surface area (TPSA) is 79.2 Å². The lowest BCUT2D eigenvalue weighted by Crippen LogP contribution is -2.46. The van der Waals surface area contributed by atoms with Gasteiger partial charge in [0.1, 0.15) is 12.6 Å². The molecule has 2 unspecified atom stereocenters. The molecule has 0 amide bonds. The van der Waals surface area contributed by atoms with Crippen molar-refractivity contribution in [3.05, 3.63) is 6.92 Å². The fraction of sp³-hybridized carbons (Fsp3) is 0.875. The molecule has 7 heteroatoms. The van der Waals surface area contributed by atoms with Crippen LogP contribution in [0.2, 0.25) is 0 Å². The first-order valence-electron chi connectivity index (χ1n) is 4.55. The maximum Gasteiger partial charge on any atom is 0.359 e. The zero-order chi connectivity index (χ0) is 11.9. The van der Waals surface area contributed by atoms with Crippen molar-refractivity contribution in [2.45, 2.75) is 12.5 Å². The van der Waals surface area contributed by atoms with E-state index in [0.717, 1.165) is 6.54 Å². The van der Waals surface area contributed by atoms with Crippen LogP contribution in [-0.4, -0.2) is 59.6 Å². The molecule has 0 fully saturated rings. The van der Waals surface area contributed by atoms with E-state index in [2.05, 4.69) is 9.20 Å². The highest BCUT2D eigenvalue weighted by molar-refractivity contribution is 7.40. The van der Waals surface area contributed by atoms with Crippen molar-refractivity contribution in [1.29, 1.82) is 0 Å². The summed E-state index contributed by atoms with van der Waals surface area (Å²) in [4.78, 5) is 8.74. The quantitative estimate of drug-likeness (QED) is 0.245. The third kappa shape index (κ3) is 8.04. The predicted octanol–water partition coefficient (Wildman–Crippen LogP) is 0.250. The summed E-state index contributed by atoms with van der Waals surface area (Å²) in [6.45, 7) is 6.52. The van der Waals surface area contributed by atoms with E-state index in [4.69, 9.17) is 17.1 Å². The molecule has 15 heavy (non-hydrogen) atoms. The van der Waals surface area contributed by atoms with Crippen LogP contribution in [0, 0.1) is 6.92 Å². The second kappa shape index (κ2) is 7.46. The zero-order valence-corrected chi connectivity index (χ0v) is 9.93. The van der Waals surface area contributed by atoms with Crippen LogP contribution in [0.5, 0.6) is 0 Å². The lowest BCUT2D eigenvalue weighted by molar-refractivity contribution is -0.893. The Balaban J connectivity index is 3.77. The van der Waals surface area contributed by atoms with Gasteiger partial charge in [-0.2, -0.15) is 4.67 Å². The van der Waals surface area contributed by atoms with Gasteiger partial charge in [0, 0.05) is 0 Å². The van der Waals surface area contributed by atoms with Crippen molar-refractivity contribution in [1.82, 2.24) is 0 Å². The smallest absolute Gasteiger partial charge is 0.359 e. The van der Waals surface area contributed by atoms with Gasteiger partial charge in [-0.3, -0.25) is 0 Å². The summed E-state index contributed by atoms with van der Waals surface area (Å²) in [5, 5.41) is 17.6. The molecule has 0 saturated heterocycles. The molecule has 90 valence electrons. The molecular weight excluding hydrogens is 221 g/mol. The van der Waals surface area contributed by atoms with Gasteiger partial charge in [-0.15, -0.1) is 0 Å². The fourth-order valence-corrected chi connectivity index (χ4v) is 1.58. The van der Waals surface area contributed by atoms with Gasteiger partial charge >= 0.3 is 8.60 Å². The third-order valence-electron chi connectivity index (χ3n) is 1.89. The monoisotopic (exact) mass is 240 g/mol. The third-order valence-corrected chi connectivity index (χ3v) is 2.40. The average molecular weight is 240 g/mol. The molecule has 0 aromatic carbocycles. The van der Waals surface area contributed by atoms with Crippen LogP contribution >= 0.6 is 8.60 Å². The van der Waals surface area contributed by atoms with E-state index in [0.29, 0.717) is 17.4 Å². The molecule has 0 aliphatic rings. The molecule has 0 rings (SSSR count). The van der Waals surface area contributed by atoms with Crippen molar-refractivity contribution >= 4 is 8.60 Å². The number of nitrogens with zero attached hydrogens (tertiary/aromatic N) is 1. The Morgan fingerprint density at radius 1 is 1.47 bits per heavy atom. The molecule has 0 spiro atoms. The summed E-state index contributed by atoms with van der Waals surface area (Å²) in [6.07, 6.45) is -0.202. The number of quaternary nitrogens is 1. The molecule has 0 aromatic heterocycles. The summed E-state index contributed by atoms with van der Waals surface area (Å²) in [5.41, 5.74) is 0. The number of likely N-dealkylation sites (N-methyl/N-ethyl adjacent to an activating group) is 1. The number of aliphatic hydroxyl groups is 1. The van der Waals surface area contributed by atoms with Crippen molar-refractivity contribution < 1.29 is 28.9 Å². The minimum absolute atomic E-state index is 0.0883. The molecule has 0 saturated carbocycles. The first-order chi connectivity index (χ1) is 6.91. The van der Waals surface area contributed by atoms with E-state index < -0.39 is 14.7 Å². The number of hydrogen-bond acceptors (Lipinski definition) is 5. The molecule has 2 radical (unpaired) electrons. The van der Waals surface area contributed by atoms with Gasteiger partial charge in [-0.1, -0.05) is 0 Å². The summed E-state index contributed by atoms with van der Waals surface area (Å²) < 4.78 is 8.73. The lowest BCUT2D eigenvalue weighted by atomic mass is 10.3. The summed E-state index contributed by atoms with van der Waals surface area (Å²) >= 11 is 0. The minimum atomic E-state index is -2.30. The number of aliphatic hydroxyl groups excluding tert-OH is 1. The first-order valence-corrected chi connectivity index (χ1v) is 5.68. The molecule has 0 aliphatic carbocycles. The van der Waals surface area contributed by atoms with Crippen LogP contribution in [0.3, 0.4) is 0 Å². The molecule has 0 aromatic rings. The summed E-state index contributed by atoms with van der Waals surface area (Å²) in [6, 6.07) is 0. The highest BCUT2D eigenvalue weighted by Gasteiger charge is 2.21. The Hall–Kier alpha value is 0.190. The molecule has 0 aliphatic heterocycles. The maximum absolute atomic E-state index is 9.54. The Labute approximate surface area is 91.6 Å². The Morgan fingerprint density at radius 2 is 2.07 bits per heavy atom. The second-order valence-electron chi connectivity index (χ2n) is 3.90. The minimum Gasteiger partial charge on any atom is -0.385 e. The van der Waals surface area contributed by atoms with Crippen molar-refractivity contribution in [2.24, 2.45) is 0 Å². The standard InChI is InChI=1S/C8H18NO5P/c1-4-5-9(2,3)6-8(10)7-13-15(12)14-11/h1,8,10,12H,4-7H2,2-3H3/p+1. The zero-order valence-electron chi connectivity index (χ0n) is 9.04. The highest BCUT2D eigenvalue weighted by Crippen LogP contribution is 2.30. The molecule has 0 heterocycles. The Kier molecular flexibility index (Phi) is 7.56. The SMILES string of the molecule is [CH]CC[N+](C)(C)CC(O)COP(O)OO. The number of rotatable bonds is 8. The van der Waals surface area contributed by atoms with Crippen LogP contribution in [0.1, 0.15) is 6.42 Å². The van der Waals surface area contributed by atoms with E-state index in [1.807, 2.05) is 14.1 Å². The highest BCUT2D eigenvalue weighted by atomic mass is 31.2. The van der Waals surface area contributed by atoms with E-state index in [1.165, 1.54) is 0 Å². The van der Waals surface area contributed by atoms with Crippen LogP contribution in [-0.2, 0) is 9.20 Å². The van der Waals surface area contributed by atoms with E-state index in [9.17, 15) is 5.11 Å². The van der Waals surface area contributed by atoms with Gasteiger partial charge in [0.2, 0.25) is 0 Å². The Morgan fingerprint density at radius 3 is 2.53 bits per heavy atom. The van der Waals surface area contributed by atoms with Gasteiger partial charge in [0.25, 0.3) is 0 Å². The molecule has 0 bridgehead atoms. The molecular formula is C8H19NO5P+. The summed E-state index contributed by atoms with van der Waals surface area (Å²) in [7, 11) is 1.57. The van der Waals surface area contributed by atoms with Gasteiger partial charge < -0.3 is 19.0 Å². The second-order valence-corrected chi connectivity index (χ2v) is 4.80. The first kappa shape index (κ1) is 15.2. The molecule has 2 atom stereocenters. The van der Waals surface area contributed by atoms with Crippen molar-refractivity contribution in [2.75, 3.05) is 33.8 Å². The fourth-order valence-electron chi connectivity index (χ4n) is 1.24.